The van der Waals surface area contributed by atoms with Crippen molar-refractivity contribution < 1.29 is 0 Å². The van der Waals surface area contributed by atoms with Crippen molar-refractivity contribution in [1.29, 1.82) is 0 Å². The normalized spacial score (nSPS) is 16.7. The van der Waals surface area contributed by atoms with Crippen molar-refractivity contribution >= 4 is 17.0 Å². The number of hydrogen-bond acceptors (Lipinski definition) is 4. The molecule has 31 heavy (non-hydrogen) atoms. The molecule has 0 aliphatic carbocycles. The summed E-state index contributed by atoms with van der Waals surface area (Å²) in [6.45, 7) is 2.80. The molecule has 3 heterocycles. The number of aromatic nitrogens is 3. The molecule has 0 amide bonds. The van der Waals surface area contributed by atoms with Crippen molar-refractivity contribution in [2.24, 2.45) is 5.73 Å². The van der Waals surface area contributed by atoms with Gasteiger partial charge in [0.1, 0.15) is 5.52 Å². The van der Waals surface area contributed by atoms with Crippen LogP contribution in [0.5, 0.6) is 0 Å². The van der Waals surface area contributed by atoms with E-state index in [1.807, 2.05) is 60.8 Å². The highest BCUT2D eigenvalue weighted by atomic mass is 16.1. The van der Waals surface area contributed by atoms with E-state index >= 15 is 0 Å². The monoisotopic (exact) mass is 413 g/mol. The summed E-state index contributed by atoms with van der Waals surface area (Å²) in [6.07, 6.45) is 3.91. The first-order chi connectivity index (χ1) is 15.2. The summed E-state index contributed by atoms with van der Waals surface area (Å²) in [7, 11) is 0. The van der Waals surface area contributed by atoms with Gasteiger partial charge < -0.3 is 19.8 Å². The molecule has 0 saturated carbocycles. The Morgan fingerprint density at radius 3 is 2.29 bits per heavy atom. The molecule has 6 nitrogen and oxygen atoms in total. The molecule has 1 aliphatic rings. The van der Waals surface area contributed by atoms with Gasteiger partial charge in [-0.25, -0.2) is 4.98 Å². The lowest BCUT2D eigenvalue weighted by Gasteiger charge is -2.32. The molecular formula is C25H27N5O. The maximum atomic E-state index is 13.6. The van der Waals surface area contributed by atoms with Gasteiger partial charge in [0, 0.05) is 25.3 Å². The molecule has 2 aromatic heterocycles. The fraction of sp³-hybridized carbons (Fsp3) is 0.280. The fourth-order valence-corrected chi connectivity index (χ4v) is 4.42. The Labute approximate surface area is 181 Å². The van der Waals surface area contributed by atoms with Gasteiger partial charge in [-0.1, -0.05) is 60.7 Å². The maximum absolute atomic E-state index is 13.6. The molecule has 0 spiro atoms. The average Bonchev–Trinajstić information content (AvgIpc) is 3.16. The smallest absolute Gasteiger partial charge is 0.277 e. The lowest BCUT2D eigenvalue weighted by molar-refractivity contribution is 0.495. The van der Waals surface area contributed by atoms with Crippen LogP contribution in [-0.4, -0.2) is 33.2 Å². The molecule has 0 radical (unpaired) electrons. The average molecular weight is 414 g/mol. The topological polar surface area (TPSA) is 69.1 Å². The van der Waals surface area contributed by atoms with Crippen molar-refractivity contribution in [3.8, 4) is 0 Å². The van der Waals surface area contributed by atoms with Gasteiger partial charge >= 0.3 is 0 Å². The van der Waals surface area contributed by atoms with Gasteiger partial charge in [-0.15, -0.1) is 0 Å². The van der Waals surface area contributed by atoms with E-state index in [2.05, 4.69) is 21.6 Å². The molecule has 2 aromatic carbocycles. The van der Waals surface area contributed by atoms with Gasteiger partial charge in [0.15, 0.2) is 0 Å². The third kappa shape index (κ3) is 3.99. The number of hydrogen-bond donors (Lipinski definition) is 1. The second-order valence-corrected chi connectivity index (χ2v) is 8.30. The molecule has 158 valence electrons. The molecule has 0 bridgehead atoms. The van der Waals surface area contributed by atoms with E-state index < -0.39 is 0 Å². The highest BCUT2D eigenvalue weighted by Gasteiger charge is 2.24. The van der Waals surface area contributed by atoms with Crippen LogP contribution in [0, 0.1) is 0 Å². The zero-order chi connectivity index (χ0) is 21.2. The number of fused-ring (bicyclic) bond motifs is 1. The molecule has 6 heteroatoms. The Morgan fingerprint density at radius 2 is 1.61 bits per heavy atom. The largest absolute Gasteiger partial charge is 0.341 e. The fourth-order valence-electron chi connectivity index (χ4n) is 4.42. The number of pyridine rings is 1. The zero-order valence-electron chi connectivity index (χ0n) is 17.5. The number of benzene rings is 2. The maximum Gasteiger partial charge on any atom is 0.277 e. The standard InChI is InChI=1S/C25H27N5O/c26-21-12-7-14-29(18-21)25-27-22-13-15-28(16-19-8-3-1-4-9-19)24(31)23(22)30(25)17-20-10-5-2-6-11-20/h1-6,8-11,13,15,21H,7,12,14,16-18,26H2. The van der Waals surface area contributed by atoms with Crippen molar-refractivity contribution in [1.82, 2.24) is 14.1 Å². The van der Waals surface area contributed by atoms with Crippen LogP contribution in [0.4, 0.5) is 5.95 Å². The lowest BCUT2D eigenvalue weighted by atomic mass is 10.1. The number of anilines is 1. The van der Waals surface area contributed by atoms with Crippen LogP contribution in [0.3, 0.4) is 0 Å². The van der Waals surface area contributed by atoms with Crippen molar-refractivity contribution in [2.45, 2.75) is 32.0 Å². The summed E-state index contributed by atoms with van der Waals surface area (Å²) in [4.78, 5) is 20.7. The molecule has 1 atom stereocenters. The minimum atomic E-state index is -0.0163. The Balaban J connectivity index is 1.63. The summed E-state index contributed by atoms with van der Waals surface area (Å²) in [5.74, 6) is 0.837. The lowest BCUT2D eigenvalue weighted by Crippen LogP contribution is -2.44. The Hall–Kier alpha value is -3.38. The third-order valence-electron chi connectivity index (χ3n) is 5.97. The highest BCUT2D eigenvalue weighted by Crippen LogP contribution is 2.24. The van der Waals surface area contributed by atoms with Gasteiger partial charge in [0.2, 0.25) is 5.95 Å². The molecule has 1 fully saturated rings. The van der Waals surface area contributed by atoms with Crippen molar-refractivity contribution in [3.05, 3.63) is 94.4 Å². The van der Waals surface area contributed by atoms with Crippen LogP contribution >= 0.6 is 0 Å². The van der Waals surface area contributed by atoms with Gasteiger partial charge in [-0.05, 0) is 30.0 Å². The number of nitrogens with two attached hydrogens (primary N) is 1. The first-order valence-corrected chi connectivity index (χ1v) is 10.9. The summed E-state index contributed by atoms with van der Waals surface area (Å²) in [5, 5.41) is 0. The molecule has 4 aromatic rings. The van der Waals surface area contributed by atoms with E-state index in [0.29, 0.717) is 18.6 Å². The van der Waals surface area contributed by atoms with Gasteiger partial charge in [-0.3, -0.25) is 4.79 Å². The van der Waals surface area contributed by atoms with Gasteiger partial charge in [0.25, 0.3) is 5.56 Å². The van der Waals surface area contributed by atoms with Crippen LogP contribution in [0.15, 0.2) is 77.7 Å². The molecule has 1 unspecified atom stereocenters. The van der Waals surface area contributed by atoms with Gasteiger partial charge in [-0.2, -0.15) is 0 Å². The molecular weight excluding hydrogens is 386 g/mol. The Bertz CT molecular complexity index is 1230. The van der Waals surface area contributed by atoms with Gasteiger partial charge in [0.05, 0.1) is 18.6 Å². The minimum absolute atomic E-state index is 0.0163. The summed E-state index contributed by atoms with van der Waals surface area (Å²) in [6, 6.07) is 22.4. The van der Waals surface area contributed by atoms with E-state index in [9.17, 15) is 4.79 Å². The Kier molecular flexibility index (Phi) is 5.30. The van der Waals surface area contributed by atoms with Crippen molar-refractivity contribution in [2.75, 3.05) is 18.0 Å². The molecule has 2 N–H and O–H groups in total. The first kappa shape index (κ1) is 19.6. The van der Waals surface area contributed by atoms with E-state index in [1.165, 1.54) is 0 Å². The summed E-state index contributed by atoms with van der Waals surface area (Å²) in [5.41, 5.74) is 9.86. The molecule has 5 rings (SSSR count). The van der Waals surface area contributed by atoms with E-state index in [0.717, 1.165) is 48.5 Å². The number of imidazole rings is 1. The van der Waals surface area contributed by atoms with Crippen LogP contribution in [-0.2, 0) is 13.1 Å². The van der Waals surface area contributed by atoms with E-state index in [-0.39, 0.29) is 11.6 Å². The SMILES string of the molecule is NC1CCCN(c2nc3ccn(Cc4ccccc4)c(=O)c3n2Cc2ccccc2)C1. The number of piperidine rings is 1. The molecule has 1 saturated heterocycles. The van der Waals surface area contributed by atoms with Crippen LogP contribution in [0.2, 0.25) is 0 Å². The highest BCUT2D eigenvalue weighted by molar-refractivity contribution is 5.78. The van der Waals surface area contributed by atoms with Crippen molar-refractivity contribution in [3.63, 3.8) is 0 Å². The van der Waals surface area contributed by atoms with E-state index in [1.54, 1.807) is 4.57 Å². The third-order valence-corrected chi connectivity index (χ3v) is 5.97. The quantitative estimate of drug-likeness (QED) is 0.545. The summed E-state index contributed by atoms with van der Waals surface area (Å²) >= 11 is 0. The summed E-state index contributed by atoms with van der Waals surface area (Å²) < 4.78 is 3.85. The second-order valence-electron chi connectivity index (χ2n) is 8.30. The predicted octanol–water partition coefficient (Wildman–Crippen LogP) is 3.22. The zero-order valence-corrected chi connectivity index (χ0v) is 17.5. The minimum Gasteiger partial charge on any atom is -0.341 e. The first-order valence-electron chi connectivity index (χ1n) is 10.9. The number of nitrogens with zero attached hydrogens (tertiary/aromatic N) is 4. The molecule has 1 aliphatic heterocycles. The van der Waals surface area contributed by atoms with E-state index in [4.69, 9.17) is 10.7 Å². The Morgan fingerprint density at radius 1 is 0.935 bits per heavy atom. The predicted molar refractivity (Wildman–Crippen MR) is 125 cm³/mol. The van der Waals surface area contributed by atoms with Crippen LogP contribution in [0.1, 0.15) is 24.0 Å². The van der Waals surface area contributed by atoms with Crippen LogP contribution < -0.4 is 16.2 Å². The second kappa shape index (κ2) is 8.40. The number of rotatable bonds is 5. The van der Waals surface area contributed by atoms with Crippen LogP contribution in [0.25, 0.3) is 11.0 Å².